The predicted molar refractivity (Wildman–Crippen MR) is 125 cm³/mol. The number of hydrogen-bond donors (Lipinski definition) is 1. The van der Waals surface area contributed by atoms with E-state index in [4.69, 9.17) is 17.3 Å². The molecule has 1 aliphatic rings. The van der Waals surface area contributed by atoms with Crippen molar-refractivity contribution in [3.05, 3.63) is 34.7 Å². The van der Waals surface area contributed by atoms with Crippen LogP contribution < -0.4 is 4.90 Å². The first-order valence-corrected chi connectivity index (χ1v) is 11.5. The van der Waals surface area contributed by atoms with E-state index >= 15 is 0 Å². The zero-order chi connectivity index (χ0) is 21.2. The summed E-state index contributed by atoms with van der Waals surface area (Å²) < 4.78 is 0.494. The number of rotatable bonds is 12. The third-order valence-corrected chi connectivity index (χ3v) is 6.14. The fraction of sp³-hybridized carbons (Fsp3) is 0.500. The van der Waals surface area contributed by atoms with Crippen LogP contribution in [0.4, 0.5) is 5.69 Å². The summed E-state index contributed by atoms with van der Waals surface area (Å²) in [6.07, 6.45) is 7.00. The normalized spacial score (nSPS) is 15.4. The second-order valence-corrected chi connectivity index (χ2v) is 8.79. The molecular weight excluding hydrogens is 404 g/mol. The summed E-state index contributed by atoms with van der Waals surface area (Å²) in [6, 6.07) is 8.31. The van der Waals surface area contributed by atoms with Crippen molar-refractivity contribution in [2.75, 3.05) is 24.5 Å². The second kappa shape index (κ2) is 12.0. The first-order valence-electron chi connectivity index (χ1n) is 10.3. The summed E-state index contributed by atoms with van der Waals surface area (Å²) in [6.45, 7) is 6.88. The topological polar surface area (TPSA) is 60.9 Å². The van der Waals surface area contributed by atoms with Crippen LogP contribution in [0.1, 0.15) is 57.9 Å². The van der Waals surface area contributed by atoms with E-state index in [1.54, 1.807) is 0 Å². The minimum Gasteiger partial charge on any atom is -0.481 e. The molecule has 0 bridgehead atoms. The van der Waals surface area contributed by atoms with Crippen LogP contribution in [-0.4, -0.2) is 45.8 Å². The van der Waals surface area contributed by atoms with Gasteiger partial charge in [0.1, 0.15) is 4.32 Å². The second-order valence-electron chi connectivity index (χ2n) is 7.12. The molecule has 0 aromatic heterocycles. The number of carbonyl (C=O) groups is 2. The summed E-state index contributed by atoms with van der Waals surface area (Å²) in [5, 5.41) is 8.77. The predicted octanol–water partition coefficient (Wildman–Crippen LogP) is 5.16. The smallest absolute Gasteiger partial charge is 0.303 e. The Balaban J connectivity index is 2.05. The molecule has 1 amide bonds. The van der Waals surface area contributed by atoms with Gasteiger partial charge in [0, 0.05) is 31.7 Å². The van der Waals surface area contributed by atoms with Gasteiger partial charge in [-0.15, -0.1) is 0 Å². The number of hydrogen-bond acceptors (Lipinski definition) is 5. The minimum absolute atomic E-state index is 0.0319. The van der Waals surface area contributed by atoms with Crippen LogP contribution in [0.3, 0.4) is 0 Å². The summed E-state index contributed by atoms with van der Waals surface area (Å²) in [5.41, 5.74) is 2.18. The molecule has 1 fully saturated rings. The molecule has 1 aromatic rings. The highest BCUT2D eigenvalue weighted by Gasteiger charge is 2.31. The fourth-order valence-corrected chi connectivity index (χ4v) is 4.39. The summed E-state index contributed by atoms with van der Waals surface area (Å²) in [5.74, 6) is -1.00. The maximum atomic E-state index is 12.6. The van der Waals surface area contributed by atoms with Crippen molar-refractivity contribution in [2.24, 2.45) is 0 Å². The molecule has 1 aliphatic heterocycles. The van der Waals surface area contributed by atoms with E-state index in [2.05, 4.69) is 30.9 Å². The first-order chi connectivity index (χ1) is 14.0. The molecule has 1 aromatic carbocycles. The molecule has 5 nitrogen and oxygen atoms in total. The highest BCUT2D eigenvalue weighted by atomic mass is 32.2. The average molecular weight is 435 g/mol. The van der Waals surface area contributed by atoms with Crippen LogP contribution in [0.25, 0.3) is 6.08 Å². The van der Waals surface area contributed by atoms with Crippen molar-refractivity contribution in [3.63, 3.8) is 0 Å². The van der Waals surface area contributed by atoms with Gasteiger partial charge in [0.25, 0.3) is 5.91 Å². The van der Waals surface area contributed by atoms with Crippen molar-refractivity contribution in [1.29, 1.82) is 0 Å². The van der Waals surface area contributed by atoms with Gasteiger partial charge < -0.3 is 10.0 Å². The first kappa shape index (κ1) is 23.4. The Hall–Kier alpha value is -1.86. The summed E-state index contributed by atoms with van der Waals surface area (Å²) >= 11 is 6.58. The van der Waals surface area contributed by atoms with Crippen molar-refractivity contribution in [2.45, 2.75) is 52.4 Å². The minimum atomic E-state index is -0.863. The molecule has 29 heavy (non-hydrogen) atoms. The van der Waals surface area contributed by atoms with E-state index in [1.165, 1.54) is 48.0 Å². The molecule has 0 spiro atoms. The molecule has 158 valence electrons. The maximum absolute atomic E-state index is 12.6. The highest BCUT2D eigenvalue weighted by Crippen LogP contribution is 2.33. The van der Waals surface area contributed by atoms with Gasteiger partial charge in [-0.05, 0) is 43.0 Å². The quantitative estimate of drug-likeness (QED) is 0.362. The lowest BCUT2D eigenvalue weighted by atomic mass is 10.1. The number of carboxylic acids is 1. The van der Waals surface area contributed by atoms with E-state index in [0.717, 1.165) is 18.7 Å². The Labute approximate surface area is 183 Å². The van der Waals surface area contributed by atoms with E-state index in [9.17, 15) is 9.59 Å². The van der Waals surface area contributed by atoms with E-state index < -0.39 is 5.97 Å². The lowest BCUT2D eigenvalue weighted by Crippen LogP contribution is -2.29. The molecule has 0 aliphatic carbocycles. The molecule has 0 unspecified atom stereocenters. The standard InChI is InChI=1S/C22H30N2O3S2/c1-3-5-13-23(14-6-4-2)18-11-9-17(10-12-18)16-19-21(27)24(22(28)29-19)15-7-8-20(25)26/h9-12,16H,3-8,13-15H2,1-2H3,(H,25,26). The van der Waals surface area contributed by atoms with Gasteiger partial charge in [-0.25, -0.2) is 0 Å². The molecule has 0 radical (unpaired) electrons. The lowest BCUT2D eigenvalue weighted by Gasteiger charge is -2.24. The van der Waals surface area contributed by atoms with Gasteiger partial charge in [0.15, 0.2) is 0 Å². The lowest BCUT2D eigenvalue weighted by molar-refractivity contribution is -0.137. The van der Waals surface area contributed by atoms with Gasteiger partial charge in [0.2, 0.25) is 0 Å². The Morgan fingerprint density at radius 3 is 2.31 bits per heavy atom. The average Bonchev–Trinajstić information content (AvgIpc) is 2.96. The van der Waals surface area contributed by atoms with Crippen LogP contribution in [0, 0.1) is 0 Å². The SMILES string of the molecule is CCCCN(CCCC)c1ccc(C=C2SC(=S)N(CCCC(=O)O)C2=O)cc1. The van der Waals surface area contributed by atoms with E-state index in [-0.39, 0.29) is 12.3 Å². The molecule has 0 atom stereocenters. The largest absolute Gasteiger partial charge is 0.481 e. The number of benzene rings is 1. The van der Waals surface area contributed by atoms with Crippen LogP contribution in [0.5, 0.6) is 0 Å². The molecule has 1 saturated heterocycles. The Morgan fingerprint density at radius 2 is 1.76 bits per heavy atom. The number of thiocarbonyl (C=S) groups is 1. The monoisotopic (exact) mass is 434 g/mol. The van der Waals surface area contributed by atoms with E-state index in [1.807, 2.05) is 18.2 Å². The van der Waals surface area contributed by atoms with Gasteiger partial charge in [0.05, 0.1) is 4.91 Å². The number of unbranched alkanes of at least 4 members (excludes halogenated alkanes) is 2. The Morgan fingerprint density at radius 1 is 1.14 bits per heavy atom. The summed E-state index contributed by atoms with van der Waals surface area (Å²) in [4.78, 5) is 27.8. The van der Waals surface area contributed by atoms with Crippen LogP contribution in [0.2, 0.25) is 0 Å². The number of carboxylic acid groups (broad SMARTS) is 1. The van der Waals surface area contributed by atoms with Crippen LogP contribution >= 0.6 is 24.0 Å². The van der Waals surface area contributed by atoms with Gasteiger partial charge in [-0.2, -0.15) is 0 Å². The number of anilines is 1. The van der Waals surface area contributed by atoms with E-state index in [0.29, 0.717) is 22.2 Å². The zero-order valence-corrected chi connectivity index (χ0v) is 18.9. The van der Waals surface area contributed by atoms with Gasteiger partial charge in [-0.1, -0.05) is 62.8 Å². The van der Waals surface area contributed by atoms with Gasteiger partial charge >= 0.3 is 5.97 Å². The zero-order valence-electron chi connectivity index (χ0n) is 17.2. The Bertz CT molecular complexity index is 739. The van der Waals surface area contributed by atoms with Crippen LogP contribution in [0.15, 0.2) is 29.2 Å². The third-order valence-electron chi connectivity index (χ3n) is 4.77. The number of amides is 1. The number of thioether (sulfide) groups is 1. The number of carbonyl (C=O) groups excluding carboxylic acids is 1. The van der Waals surface area contributed by atoms with Crippen molar-refractivity contribution < 1.29 is 14.7 Å². The number of nitrogens with zero attached hydrogens (tertiary/aromatic N) is 2. The highest BCUT2D eigenvalue weighted by molar-refractivity contribution is 8.26. The van der Waals surface area contributed by atoms with Crippen molar-refractivity contribution in [3.8, 4) is 0 Å². The van der Waals surface area contributed by atoms with Crippen molar-refractivity contribution in [1.82, 2.24) is 4.90 Å². The van der Waals surface area contributed by atoms with Crippen LogP contribution in [-0.2, 0) is 9.59 Å². The summed E-state index contributed by atoms with van der Waals surface area (Å²) in [7, 11) is 0. The third kappa shape index (κ3) is 7.16. The van der Waals surface area contributed by atoms with Gasteiger partial charge in [-0.3, -0.25) is 14.5 Å². The maximum Gasteiger partial charge on any atom is 0.303 e. The molecule has 1 N–H and O–H groups in total. The fourth-order valence-electron chi connectivity index (χ4n) is 3.08. The molecular formula is C22H30N2O3S2. The molecule has 1 heterocycles. The molecule has 0 saturated carbocycles. The number of aliphatic carboxylic acids is 1. The molecule has 7 heteroatoms. The Kier molecular flexibility index (Phi) is 9.67. The molecule has 2 rings (SSSR count). The van der Waals surface area contributed by atoms with Crippen molar-refractivity contribution >= 4 is 51.9 Å².